The molecule has 0 fully saturated rings. The van der Waals surface area contributed by atoms with Gasteiger partial charge in [0.1, 0.15) is 0 Å². The lowest BCUT2D eigenvalue weighted by molar-refractivity contribution is 0.638. The molecule has 1 aliphatic heterocycles. The van der Waals surface area contributed by atoms with Crippen molar-refractivity contribution in [1.29, 1.82) is 0 Å². The molecule has 1 aromatic heterocycles. The van der Waals surface area contributed by atoms with E-state index in [1.807, 2.05) is 0 Å². The van der Waals surface area contributed by atoms with E-state index in [1.165, 1.54) is 39.7 Å². The lowest BCUT2D eigenvalue weighted by Gasteiger charge is -2.15. The first kappa shape index (κ1) is 13.6. The SMILES string of the molecule is c1ccc(-c2c3n(c4ccccc24)C(c2ccccc2)CC3)cc1. The number of benzene rings is 3. The van der Waals surface area contributed by atoms with E-state index in [9.17, 15) is 0 Å². The summed E-state index contributed by atoms with van der Waals surface area (Å²) in [7, 11) is 0. The smallest absolute Gasteiger partial charge is 0.0592 e. The van der Waals surface area contributed by atoms with Crippen LogP contribution in [0.3, 0.4) is 0 Å². The molecule has 0 saturated heterocycles. The van der Waals surface area contributed by atoms with Gasteiger partial charge in [0.2, 0.25) is 0 Å². The minimum Gasteiger partial charge on any atom is -0.336 e. The van der Waals surface area contributed by atoms with Gasteiger partial charge in [0, 0.05) is 22.2 Å². The highest BCUT2D eigenvalue weighted by molar-refractivity contribution is 5.98. The first-order chi connectivity index (χ1) is 11.9. The molecule has 0 amide bonds. The molecule has 24 heavy (non-hydrogen) atoms. The van der Waals surface area contributed by atoms with Crippen molar-refractivity contribution in [2.75, 3.05) is 0 Å². The maximum atomic E-state index is 2.58. The quantitative estimate of drug-likeness (QED) is 0.438. The maximum Gasteiger partial charge on any atom is 0.0592 e. The fourth-order valence-corrected chi connectivity index (χ4v) is 4.24. The monoisotopic (exact) mass is 309 g/mol. The number of nitrogens with zero attached hydrogens (tertiary/aromatic N) is 1. The Hall–Kier alpha value is -2.80. The molecule has 116 valence electrons. The maximum absolute atomic E-state index is 2.58. The Kier molecular flexibility index (Phi) is 3.05. The van der Waals surface area contributed by atoms with Crippen LogP contribution in [-0.4, -0.2) is 4.57 Å². The molecule has 2 heterocycles. The van der Waals surface area contributed by atoms with Crippen LogP contribution in [0.4, 0.5) is 0 Å². The van der Waals surface area contributed by atoms with E-state index < -0.39 is 0 Å². The van der Waals surface area contributed by atoms with E-state index in [1.54, 1.807) is 0 Å². The molecule has 1 nitrogen and oxygen atoms in total. The predicted molar refractivity (Wildman–Crippen MR) is 100 cm³/mol. The van der Waals surface area contributed by atoms with Crippen LogP contribution in [0.2, 0.25) is 0 Å². The Morgan fingerprint density at radius 3 is 2.17 bits per heavy atom. The lowest BCUT2D eigenvalue weighted by Crippen LogP contribution is -2.05. The summed E-state index contributed by atoms with van der Waals surface area (Å²) in [6, 6.07) is 31.1. The molecule has 4 aromatic rings. The summed E-state index contributed by atoms with van der Waals surface area (Å²) in [5.41, 5.74) is 7.01. The predicted octanol–water partition coefficient (Wildman–Crippen LogP) is 5.84. The van der Waals surface area contributed by atoms with Crippen LogP contribution in [-0.2, 0) is 6.42 Å². The van der Waals surface area contributed by atoms with Gasteiger partial charge in [-0.25, -0.2) is 0 Å². The molecular formula is C23H19N. The summed E-state index contributed by atoms with van der Waals surface area (Å²) >= 11 is 0. The highest BCUT2D eigenvalue weighted by atomic mass is 15.1. The molecule has 0 spiro atoms. The van der Waals surface area contributed by atoms with Gasteiger partial charge >= 0.3 is 0 Å². The highest BCUT2D eigenvalue weighted by Crippen LogP contribution is 2.44. The fourth-order valence-electron chi connectivity index (χ4n) is 4.24. The number of fused-ring (bicyclic) bond motifs is 3. The molecule has 0 radical (unpaired) electrons. The second kappa shape index (κ2) is 5.38. The number of aromatic nitrogens is 1. The molecule has 3 aromatic carbocycles. The minimum absolute atomic E-state index is 0.448. The summed E-state index contributed by atoms with van der Waals surface area (Å²) < 4.78 is 2.58. The van der Waals surface area contributed by atoms with Crippen LogP contribution in [0.15, 0.2) is 84.9 Å². The summed E-state index contributed by atoms with van der Waals surface area (Å²) in [5, 5.41) is 1.37. The molecule has 0 N–H and O–H groups in total. The number of hydrogen-bond acceptors (Lipinski definition) is 0. The second-order valence-corrected chi connectivity index (χ2v) is 6.54. The standard InChI is InChI=1S/C23H19N/c1-3-9-17(10-4-1)20-15-16-22-23(18-11-5-2-6-12-18)19-13-7-8-14-21(19)24(20)22/h1-14,20H,15-16H2. The van der Waals surface area contributed by atoms with Crippen molar-refractivity contribution in [2.24, 2.45) is 0 Å². The Morgan fingerprint density at radius 2 is 1.38 bits per heavy atom. The molecule has 0 aliphatic carbocycles. The first-order valence-electron chi connectivity index (χ1n) is 8.65. The molecule has 5 rings (SSSR count). The topological polar surface area (TPSA) is 4.93 Å². The summed E-state index contributed by atoms with van der Waals surface area (Å²) in [4.78, 5) is 0. The van der Waals surface area contributed by atoms with Crippen LogP contribution in [0.1, 0.15) is 23.7 Å². The summed E-state index contributed by atoms with van der Waals surface area (Å²) in [6.45, 7) is 0. The highest BCUT2D eigenvalue weighted by Gasteiger charge is 2.29. The molecule has 1 aliphatic rings. The van der Waals surface area contributed by atoms with Crippen LogP contribution in [0.5, 0.6) is 0 Å². The van der Waals surface area contributed by atoms with Crippen molar-refractivity contribution in [3.63, 3.8) is 0 Å². The zero-order valence-corrected chi connectivity index (χ0v) is 13.5. The van der Waals surface area contributed by atoms with Crippen molar-refractivity contribution in [3.8, 4) is 11.1 Å². The Morgan fingerprint density at radius 1 is 0.708 bits per heavy atom. The fraction of sp³-hybridized carbons (Fsp3) is 0.130. The van der Waals surface area contributed by atoms with E-state index in [-0.39, 0.29) is 0 Å². The Labute approximate surface area is 142 Å². The van der Waals surface area contributed by atoms with E-state index >= 15 is 0 Å². The van der Waals surface area contributed by atoms with Crippen LogP contribution >= 0.6 is 0 Å². The van der Waals surface area contributed by atoms with Crippen LogP contribution < -0.4 is 0 Å². The van der Waals surface area contributed by atoms with Gasteiger partial charge in [-0.2, -0.15) is 0 Å². The Bertz CT molecular complexity index is 996. The van der Waals surface area contributed by atoms with Gasteiger partial charge in [-0.05, 0) is 30.0 Å². The summed E-state index contributed by atoms with van der Waals surface area (Å²) in [6.07, 6.45) is 2.32. The lowest BCUT2D eigenvalue weighted by atomic mass is 9.99. The number of hydrogen-bond donors (Lipinski definition) is 0. The van der Waals surface area contributed by atoms with Gasteiger partial charge in [-0.3, -0.25) is 0 Å². The molecule has 1 unspecified atom stereocenters. The van der Waals surface area contributed by atoms with Gasteiger partial charge in [-0.15, -0.1) is 0 Å². The third kappa shape index (κ3) is 1.94. The molecule has 1 atom stereocenters. The van der Waals surface area contributed by atoms with Gasteiger partial charge in [0.15, 0.2) is 0 Å². The largest absolute Gasteiger partial charge is 0.336 e. The van der Waals surface area contributed by atoms with Gasteiger partial charge in [0.05, 0.1) is 6.04 Å². The van der Waals surface area contributed by atoms with E-state index in [4.69, 9.17) is 0 Å². The minimum atomic E-state index is 0.448. The van der Waals surface area contributed by atoms with E-state index in [2.05, 4.69) is 89.5 Å². The van der Waals surface area contributed by atoms with Crippen molar-refractivity contribution in [1.82, 2.24) is 4.57 Å². The molecular weight excluding hydrogens is 290 g/mol. The van der Waals surface area contributed by atoms with Crippen LogP contribution in [0, 0.1) is 0 Å². The van der Waals surface area contributed by atoms with Crippen molar-refractivity contribution in [2.45, 2.75) is 18.9 Å². The number of rotatable bonds is 2. The van der Waals surface area contributed by atoms with Crippen molar-refractivity contribution in [3.05, 3.63) is 96.2 Å². The average Bonchev–Trinajstić information content (AvgIpc) is 3.21. The molecule has 1 heteroatoms. The molecule has 0 saturated carbocycles. The van der Waals surface area contributed by atoms with Crippen molar-refractivity contribution >= 4 is 10.9 Å². The van der Waals surface area contributed by atoms with Gasteiger partial charge in [0.25, 0.3) is 0 Å². The van der Waals surface area contributed by atoms with E-state index in [0.29, 0.717) is 6.04 Å². The zero-order chi connectivity index (χ0) is 15.9. The number of para-hydroxylation sites is 1. The average molecular weight is 309 g/mol. The van der Waals surface area contributed by atoms with Gasteiger partial charge in [-0.1, -0.05) is 78.9 Å². The second-order valence-electron chi connectivity index (χ2n) is 6.54. The van der Waals surface area contributed by atoms with Crippen molar-refractivity contribution < 1.29 is 0 Å². The molecule has 0 bridgehead atoms. The first-order valence-corrected chi connectivity index (χ1v) is 8.65. The van der Waals surface area contributed by atoms with E-state index in [0.717, 1.165) is 6.42 Å². The van der Waals surface area contributed by atoms with Crippen LogP contribution in [0.25, 0.3) is 22.0 Å². The summed E-state index contributed by atoms with van der Waals surface area (Å²) in [5.74, 6) is 0. The third-order valence-electron chi connectivity index (χ3n) is 5.23. The third-order valence-corrected chi connectivity index (χ3v) is 5.23. The zero-order valence-electron chi connectivity index (χ0n) is 13.5. The Balaban J connectivity index is 1.80. The normalized spacial score (nSPS) is 16.4. The van der Waals surface area contributed by atoms with Gasteiger partial charge < -0.3 is 4.57 Å².